The molecule has 4 heteroatoms. The van der Waals surface area contributed by atoms with E-state index in [-0.39, 0.29) is 18.1 Å². The van der Waals surface area contributed by atoms with Crippen molar-refractivity contribution in [1.29, 1.82) is 0 Å². The topological polar surface area (TPSA) is 42.1 Å². The third-order valence-electron chi connectivity index (χ3n) is 6.51. The van der Waals surface area contributed by atoms with Crippen LogP contribution in [0, 0.1) is 0 Å². The molecular weight excluding hydrogens is 324 g/mol. The van der Waals surface area contributed by atoms with Crippen molar-refractivity contribution < 1.29 is 14.0 Å². The Balaban J connectivity index is 1.81. The van der Waals surface area contributed by atoms with Gasteiger partial charge in [0.05, 0.1) is 26.4 Å². The van der Waals surface area contributed by atoms with Crippen LogP contribution in [0.1, 0.15) is 28.4 Å². The van der Waals surface area contributed by atoms with Crippen LogP contribution in [0.3, 0.4) is 0 Å². The lowest BCUT2D eigenvalue weighted by Crippen LogP contribution is -2.63. The lowest BCUT2D eigenvalue weighted by atomic mass is 9.80. The number of fused-ring (bicyclic) bond motifs is 7. The van der Waals surface area contributed by atoms with Gasteiger partial charge in [-0.2, -0.15) is 0 Å². The summed E-state index contributed by atoms with van der Waals surface area (Å²) in [6.07, 6.45) is 1.72. The van der Waals surface area contributed by atoms with Gasteiger partial charge in [-0.15, -0.1) is 0 Å². The maximum Gasteiger partial charge on any atom is 0.365 e. The second-order valence-corrected chi connectivity index (χ2v) is 7.73. The van der Waals surface area contributed by atoms with Gasteiger partial charge in [0, 0.05) is 29.3 Å². The van der Waals surface area contributed by atoms with E-state index in [4.69, 9.17) is 4.74 Å². The molecule has 3 atom stereocenters. The predicted molar refractivity (Wildman–Crippen MR) is 101 cm³/mol. The number of likely N-dealkylation sites (N-methyl/N-ethyl adjacent to an activating group) is 1. The van der Waals surface area contributed by atoms with Crippen LogP contribution in [-0.4, -0.2) is 42.2 Å². The number of aromatic amines is 1. The second-order valence-electron chi connectivity index (χ2n) is 7.73. The molecule has 26 heavy (non-hydrogen) atoms. The Morgan fingerprint density at radius 1 is 1.15 bits per heavy atom. The number of nitrogens with one attached hydrogen (secondary N) is 1. The quantitative estimate of drug-likeness (QED) is 0.542. The Morgan fingerprint density at radius 2 is 1.92 bits per heavy atom. The van der Waals surface area contributed by atoms with Crippen LogP contribution in [0.4, 0.5) is 0 Å². The smallest absolute Gasteiger partial charge is 0.365 e. The molecule has 2 aromatic carbocycles. The Morgan fingerprint density at radius 3 is 2.77 bits per heavy atom. The minimum atomic E-state index is -0.176. The molecule has 0 aliphatic carbocycles. The van der Waals surface area contributed by atoms with Crippen molar-refractivity contribution in [1.82, 2.24) is 4.98 Å². The normalized spacial score (nSPS) is 26.7. The van der Waals surface area contributed by atoms with Crippen LogP contribution < -0.4 is 0 Å². The molecule has 2 aliphatic rings. The molecule has 2 unspecified atom stereocenters. The molecule has 0 spiro atoms. The van der Waals surface area contributed by atoms with Gasteiger partial charge in [0.2, 0.25) is 0 Å². The third kappa shape index (κ3) is 1.96. The van der Waals surface area contributed by atoms with Crippen molar-refractivity contribution in [3.8, 4) is 0 Å². The zero-order valence-corrected chi connectivity index (χ0v) is 15.2. The first kappa shape index (κ1) is 15.6. The Kier molecular flexibility index (Phi) is 3.28. The largest absolute Gasteiger partial charge is 0.465 e. The lowest BCUT2D eigenvalue weighted by Gasteiger charge is -2.51. The highest BCUT2D eigenvalue weighted by atomic mass is 16.5. The van der Waals surface area contributed by atoms with Gasteiger partial charge in [-0.05, 0) is 17.2 Å². The molecule has 4 nitrogen and oxygen atoms in total. The van der Waals surface area contributed by atoms with E-state index in [1.807, 2.05) is 0 Å². The van der Waals surface area contributed by atoms with Gasteiger partial charge in [0.25, 0.3) is 0 Å². The van der Waals surface area contributed by atoms with Gasteiger partial charge in [-0.3, -0.25) is 0 Å². The molecule has 0 bridgehead atoms. The molecule has 3 aromatic rings. The van der Waals surface area contributed by atoms with Crippen molar-refractivity contribution in [2.75, 3.05) is 20.7 Å². The SMILES string of the molecule is COC(=O)[C@@H]1Cc2c([nH]c3ccccc23)C2c3ccccc3CC[N+]21C. The van der Waals surface area contributed by atoms with E-state index in [0.29, 0.717) is 4.48 Å². The van der Waals surface area contributed by atoms with Crippen molar-refractivity contribution in [2.24, 2.45) is 0 Å². The number of nitrogens with zero attached hydrogens (tertiary/aromatic N) is 1. The number of carbonyl (C=O) groups is 1. The molecular formula is C22H23N2O2+. The number of H-pyrrole nitrogens is 1. The number of aromatic nitrogens is 1. The molecule has 5 rings (SSSR count). The number of hydrogen-bond acceptors (Lipinski definition) is 2. The number of carbonyl (C=O) groups excluding carboxylic acids is 1. The number of ether oxygens (including phenoxy) is 1. The maximum atomic E-state index is 12.8. The number of esters is 1. The van der Waals surface area contributed by atoms with Crippen LogP contribution in [0.2, 0.25) is 0 Å². The molecule has 0 radical (unpaired) electrons. The summed E-state index contributed by atoms with van der Waals surface area (Å²) in [5.74, 6) is -0.104. The Labute approximate surface area is 153 Å². The van der Waals surface area contributed by atoms with Crippen LogP contribution in [0.5, 0.6) is 0 Å². The first-order valence-electron chi connectivity index (χ1n) is 9.23. The maximum absolute atomic E-state index is 12.8. The summed E-state index contributed by atoms with van der Waals surface area (Å²) in [6.45, 7) is 0.941. The number of rotatable bonds is 1. The van der Waals surface area contributed by atoms with Gasteiger partial charge in [0.1, 0.15) is 0 Å². The van der Waals surface area contributed by atoms with E-state index < -0.39 is 0 Å². The number of benzene rings is 2. The average Bonchev–Trinajstić information content (AvgIpc) is 3.04. The Hall–Kier alpha value is -2.59. The summed E-state index contributed by atoms with van der Waals surface area (Å²) >= 11 is 0. The molecule has 1 aromatic heterocycles. The van der Waals surface area contributed by atoms with E-state index in [0.717, 1.165) is 24.9 Å². The molecule has 0 amide bonds. The summed E-state index contributed by atoms with van der Waals surface area (Å²) in [4.78, 5) is 16.4. The molecule has 2 aliphatic heterocycles. The summed E-state index contributed by atoms with van der Waals surface area (Å²) in [5.41, 5.74) is 6.41. The summed E-state index contributed by atoms with van der Waals surface area (Å²) < 4.78 is 5.91. The predicted octanol–water partition coefficient (Wildman–Crippen LogP) is 3.36. The fourth-order valence-electron chi connectivity index (χ4n) is 5.16. The minimum absolute atomic E-state index is 0.104. The minimum Gasteiger partial charge on any atom is -0.465 e. The van der Waals surface area contributed by atoms with Crippen LogP contribution in [0.15, 0.2) is 48.5 Å². The summed E-state index contributed by atoms with van der Waals surface area (Å²) in [5, 5.41) is 1.23. The van der Waals surface area contributed by atoms with E-state index in [2.05, 4.69) is 60.6 Å². The fourth-order valence-corrected chi connectivity index (χ4v) is 5.16. The molecule has 0 saturated heterocycles. The number of hydrogen-bond donors (Lipinski definition) is 1. The Bertz CT molecular complexity index is 1020. The number of methoxy groups -OCH3 is 1. The van der Waals surface area contributed by atoms with Gasteiger partial charge in [0.15, 0.2) is 12.1 Å². The third-order valence-corrected chi connectivity index (χ3v) is 6.51. The van der Waals surface area contributed by atoms with Crippen molar-refractivity contribution in [2.45, 2.75) is 24.9 Å². The molecule has 1 N–H and O–H groups in total. The van der Waals surface area contributed by atoms with Gasteiger partial charge in [-0.1, -0.05) is 42.5 Å². The highest BCUT2D eigenvalue weighted by Gasteiger charge is 2.53. The standard InChI is InChI=1S/C22H23N2O2/c1-24-12-11-14-7-3-4-8-15(14)21(24)20-17(13-19(24)22(25)26-2)16-9-5-6-10-18(16)23-20/h3-10,19,21,23H,11-13H2,1-2H3/q+1/t19-,21?,24?/m0/s1. The van der Waals surface area contributed by atoms with Gasteiger partial charge in [-0.25, -0.2) is 4.79 Å². The first-order chi connectivity index (χ1) is 12.6. The monoisotopic (exact) mass is 347 g/mol. The lowest BCUT2D eigenvalue weighted by molar-refractivity contribution is -0.953. The van der Waals surface area contributed by atoms with Crippen molar-refractivity contribution in [3.05, 3.63) is 70.9 Å². The molecule has 3 heterocycles. The van der Waals surface area contributed by atoms with E-state index in [1.165, 1.54) is 34.9 Å². The van der Waals surface area contributed by atoms with Gasteiger partial charge >= 0.3 is 5.97 Å². The summed E-state index contributed by atoms with van der Waals surface area (Å²) in [6, 6.07) is 17.0. The van der Waals surface area contributed by atoms with Crippen molar-refractivity contribution >= 4 is 16.9 Å². The highest BCUT2D eigenvalue weighted by molar-refractivity contribution is 5.87. The zero-order chi connectivity index (χ0) is 17.9. The van der Waals surface area contributed by atoms with E-state index >= 15 is 0 Å². The van der Waals surface area contributed by atoms with Crippen LogP contribution >= 0.6 is 0 Å². The second kappa shape index (κ2) is 5.45. The average molecular weight is 347 g/mol. The van der Waals surface area contributed by atoms with E-state index in [9.17, 15) is 4.79 Å². The van der Waals surface area contributed by atoms with Gasteiger partial charge < -0.3 is 14.2 Å². The zero-order valence-electron chi connectivity index (χ0n) is 15.2. The molecule has 0 fully saturated rings. The fraction of sp³-hybridized carbons (Fsp3) is 0.318. The molecule has 132 valence electrons. The highest BCUT2D eigenvalue weighted by Crippen LogP contribution is 2.48. The summed E-state index contributed by atoms with van der Waals surface area (Å²) in [7, 11) is 3.72. The van der Waals surface area contributed by atoms with Crippen molar-refractivity contribution in [3.63, 3.8) is 0 Å². The van der Waals surface area contributed by atoms with E-state index in [1.54, 1.807) is 0 Å². The first-order valence-corrected chi connectivity index (χ1v) is 9.23. The number of quaternary nitrogens is 1. The van der Waals surface area contributed by atoms with Crippen LogP contribution in [-0.2, 0) is 22.4 Å². The molecule has 0 saturated carbocycles. The number of para-hydroxylation sites is 1. The van der Waals surface area contributed by atoms with Crippen LogP contribution in [0.25, 0.3) is 10.9 Å².